The van der Waals surface area contributed by atoms with Gasteiger partial charge in [-0.05, 0) is 19.9 Å². The molecule has 0 fully saturated rings. The van der Waals surface area contributed by atoms with Crippen LogP contribution < -0.4 is 5.32 Å². The predicted octanol–water partition coefficient (Wildman–Crippen LogP) is -0.152. The number of aliphatic hydroxyl groups is 1. The second-order valence-corrected chi connectivity index (χ2v) is 3.05. The largest absolute Gasteiger partial charge is 0.396 e. The molecule has 0 aliphatic rings. The highest BCUT2D eigenvalue weighted by Crippen LogP contribution is 2.06. The Hall–Kier alpha value is -0.940. The minimum absolute atomic E-state index is 0.180. The van der Waals surface area contributed by atoms with E-state index in [0.717, 1.165) is 18.8 Å². The van der Waals surface area contributed by atoms with Crippen LogP contribution in [0.3, 0.4) is 0 Å². The van der Waals surface area contributed by atoms with Gasteiger partial charge < -0.3 is 15.0 Å². The summed E-state index contributed by atoms with van der Waals surface area (Å²) in [4.78, 5) is 0. The van der Waals surface area contributed by atoms with Crippen LogP contribution in [0, 0.1) is 0 Å². The Bertz CT molecular complexity index is 248. The topological polar surface area (TPSA) is 63.0 Å². The summed E-state index contributed by atoms with van der Waals surface area (Å²) in [6, 6.07) is 0.180. The molecule has 0 spiro atoms. The average molecular weight is 184 g/mol. The molecule has 0 aliphatic carbocycles. The molecule has 0 radical (unpaired) electrons. The van der Waals surface area contributed by atoms with E-state index in [1.807, 2.05) is 18.5 Å². The highest BCUT2D eigenvalue weighted by Gasteiger charge is 2.09. The van der Waals surface area contributed by atoms with Crippen LogP contribution in [-0.4, -0.2) is 33.0 Å². The normalized spacial score (nSPS) is 13.2. The Morgan fingerprint density at radius 2 is 2.46 bits per heavy atom. The number of aromatic nitrogens is 3. The maximum Gasteiger partial charge on any atom is 0.149 e. The Balaban J connectivity index is 2.39. The fourth-order valence-corrected chi connectivity index (χ4v) is 1.17. The highest BCUT2D eigenvalue weighted by atomic mass is 16.3. The lowest BCUT2D eigenvalue weighted by Gasteiger charge is -2.11. The maximum absolute atomic E-state index is 8.59. The fraction of sp³-hybridized carbons (Fsp3) is 0.750. The summed E-state index contributed by atoms with van der Waals surface area (Å²) in [6.07, 6.45) is 2.45. The van der Waals surface area contributed by atoms with E-state index in [4.69, 9.17) is 5.11 Å². The molecule has 0 aliphatic heterocycles. The van der Waals surface area contributed by atoms with Crippen LogP contribution in [0.1, 0.15) is 25.2 Å². The van der Waals surface area contributed by atoms with Crippen molar-refractivity contribution >= 4 is 0 Å². The lowest BCUT2D eigenvalue weighted by Crippen LogP contribution is -2.23. The summed E-state index contributed by atoms with van der Waals surface area (Å²) in [7, 11) is 1.92. The Kier molecular flexibility index (Phi) is 3.85. The van der Waals surface area contributed by atoms with E-state index in [0.29, 0.717) is 0 Å². The average Bonchev–Trinajstić information content (AvgIpc) is 2.52. The smallest absolute Gasteiger partial charge is 0.149 e. The van der Waals surface area contributed by atoms with Crippen molar-refractivity contribution in [2.75, 3.05) is 13.2 Å². The number of aryl methyl sites for hydroxylation is 1. The van der Waals surface area contributed by atoms with E-state index >= 15 is 0 Å². The van der Waals surface area contributed by atoms with Crippen molar-refractivity contribution in [1.29, 1.82) is 0 Å². The zero-order chi connectivity index (χ0) is 9.68. The third-order valence-corrected chi connectivity index (χ3v) is 1.92. The van der Waals surface area contributed by atoms with Gasteiger partial charge >= 0.3 is 0 Å². The van der Waals surface area contributed by atoms with Crippen LogP contribution in [-0.2, 0) is 7.05 Å². The SMILES string of the molecule is CC(NCCCO)c1nncn1C. The summed E-state index contributed by atoms with van der Waals surface area (Å²) < 4.78 is 1.89. The molecule has 5 nitrogen and oxygen atoms in total. The Morgan fingerprint density at radius 1 is 1.69 bits per heavy atom. The molecule has 0 bridgehead atoms. The molecule has 1 aromatic rings. The fourth-order valence-electron chi connectivity index (χ4n) is 1.17. The molecule has 0 aromatic carbocycles. The van der Waals surface area contributed by atoms with Crippen LogP contribution in [0.25, 0.3) is 0 Å². The zero-order valence-electron chi connectivity index (χ0n) is 8.06. The molecule has 13 heavy (non-hydrogen) atoms. The third-order valence-electron chi connectivity index (χ3n) is 1.92. The lowest BCUT2D eigenvalue weighted by molar-refractivity contribution is 0.283. The van der Waals surface area contributed by atoms with Gasteiger partial charge in [-0.3, -0.25) is 0 Å². The summed E-state index contributed by atoms with van der Waals surface area (Å²) in [5.41, 5.74) is 0. The van der Waals surface area contributed by atoms with Crippen molar-refractivity contribution in [3.63, 3.8) is 0 Å². The molecular formula is C8H16N4O. The Labute approximate surface area is 77.8 Å². The van der Waals surface area contributed by atoms with Crippen LogP contribution in [0.5, 0.6) is 0 Å². The van der Waals surface area contributed by atoms with Gasteiger partial charge in [0.15, 0.2) is 0 Å². The number of nitrogens with one attached hydrogen (secondary N) is 1. The van der Waals surface area contributed by atoms with Crippen molar-refractivity contribution < 1.29 is 5.11 Å². The standard InChI is InChI=1S/C8H16N4O/c1-7(9-4-3-5-13)8-11-10-6-12(8)2/h6-7,9,13H,3-5H2,1-2H3. The summed E-state index contributed by atoms with van der Waals surface area (Å²) >= 11 is 0. The van der Waals surface area contributed by atoms with Crippen molar-refractivity contribution in [3.05, 3.63) is 12.2 Å². The van der Waals surface area contributed by atoms with Gasteiger partial charge in [-0.2, -0.15) is 0 Å². The first-order chi connectivity index (χ1) is 6.25. The second kappa shape index (κ2) is 4.94. The molecule has 1 rings (SSSR count). The number of aliphatic hydroxyl groups excluding tert-OH is 1. The first-order valence-electron chi connectivity index (χ1n) is 4.44. The lowest BCUT2D eigenvalue weighted by atomic mass is 10.3. The minimum Gasteiger partial charge on any atom is -0.396 e. The molecule has 0 saturated heterocycles. The van der Waals surface area contributed by atoms with Crippen molar-refractivity contribution in [1.82, 2.24) is 20.1 Å². The number of hydrogen-bond acceptors (Lipinski definition) is 4. The summed E-state index contributed by atoms with van der Waals surface area (Å²) in [5, 5.41) is 19.6. The van der Waals surface area contributed by atoms with Gasteiger partial charge in [-0.25, -0.2) is 0 Å². The molecule has 2 N–H and O–H groups in total. The first-order valence-corrected chi connectivity index (χ1v) is 4.44. The Morgan fingerprint density at radius 3 is 3.00 bits per heavy atom. The highest BCUT2D eigenvalue weighted by molar-refractivity contribution is 4.91. The maximum atomic E-state index is 8.59. The molecule has 1 aromatic heterocycles. The van der Waals surface area contributed by atoms with Gasteiger partial charge in [0.05, 0.1) is 6.04 Å². The van der Waals surface area contributed by atoms with E-state index in [1.54, 1.807) is 6.33 Å². The molecular weight excluding hydrogens is 168 g/mol. The zero-order valence-corrected chi connectivity index (χ0v) is 8.06. The van der Waals surface area contributed by atoms with E-state index < -0.39 is 0 Å². The van der Waals surface area contributed by atoms with Crippen LogP contribution >= 0.6 is 0 Å². The van der Waals surface area contributed by atoms with Gasteiger partial charge in [0, 0.05) is 13.7 Å². The van der Waals surface area contributed by atoms with Crippen molar-refractivity contribution in [2.24, 2.45) is 7.05 Å². The molecule has 1 atom stereocenters. The van der Waals surface area contributed by atoms with Crippen LogP contribution in [0.4, 0.5) is 0 Å². The van der Waals surface area contributed by atoms with E-state index in [-0.39, 0.29) is 12.6 Å². The second-order valence-electron chi connectivity index (χ2n) is 3.05. The van der Waals surface area contributed by atoms with Gasteiger partial charge in [0.1, 0.15) is 12.2 Å². The van der Waals surface area contributed by atoms with Gasteiger partial charge in [0.25, 0.3) is 0 Å². The number of nitrogens with zero attached hydrogens (tertiary/aromatic N) is 3. The quantitative estimate of drug-likeness (QED) is 0.625. The molecule has 0 saturated carbocycles. The monoisotopic (exact) mass is 184 g/mol. The van der Waals surface area contributed by atoms with Crippen LogP contribution in [0.15, 0.2) is 6.33 Å². The molecule has 1 unspecified atom stereocenters. The van der Waals surface area contributed by atoms with E-state index in [9.17, 15) is 0 Å². The van der Waals surface area contributed by atoms with Gasteiger partial charge in [0.2, 0.25) is 0 Å². The number of hydrogen-bond donors (Lipinski definition) is 2. The molecule has 5 heteroatoms. The molecule has 74 valence electrons. The van der Waals surface area contributed by atoms with E-state index in [1.165, 1.54) is 0 Å². The first kappa shape index (κ1) is 10.1. The van der Waals surface area contributed by atoms with Gasteiger partial charge in [-0.1, -0.05) is 0 Å². The summed E-state index contributed by atoms with van der Waals surface area (Å²) in [5.74, 6) is 0.915. The minimum atomic E-state index is 0.180. The third kappa shape index (κ3) is 2.78. The molecule has 0 amide bonds. The summed E-state index contributed by atoms with van der Waals surface area (Å²) in [6.45, 7) is 3.05. The molecule has 1 heterocycles. The van der Waals surface area contributed by atoms with E-state index in [2.05, 4.69) is 15.5 Å². The van der Waals surface area contributed by atoms with Crippen LogP contribution in [0.2, 0.25) is 0 Å². The number of rotatable bonds is 5. The van der Waals surface area contributed by atoms with Crippen molar-refractivity contribution in [2.45, 2.75) is 19.4 Å². The van der Waals surface area contributed by atoms with Gasteiger partial charge in [-0.15, -0.1) is 10.2 Å². The van der Waals surface area contributed by atoms with Crippen molar-refractivity contribution in [3.8, 4) is 0 Å². The predicted molar refractivity (Wildman–Crippen MR) is 49.1 cm³/mol.